The van der Waals surface area contributed by atoms with E-state index in [1.807, 2.05) is 6.26 Å². The van der Waals surface area contributed by atoms with Gasteiger partial charge in [0.05, 0.1) is 6.10 Å². The topological polar surface area (TPSA) is 29.5 Å². The Morgan fingerprint density at radius 1 is 1.67 bits per heavy atom. The van der Waals surface area contributed by atoms with Gasteiger partial charge in [0, 0.05) is 6.61 Å². The Morgan fingerprint density at radius 2 is 2.44 bits per heavy atom. The minimum atomic E-state index is -0.242. The highest BCUT2D eigenvalue weighted by Crippen LogP contribution is 2.21. The van der Waals surface area contributed by atoms with Crippen molar-refractivity contribution in [3.8, 4) is 0 Å². The van der Waals surface area contributed by atoms with E-state index in [2.05, 4.69) is 0 Å². The minimum Gasteiger partial charge on any atom is -0.390 e. The van der Waals surface area contributed by atoms with Gasteiger partial charge in [0.1, 0.15) is 5.44 Å². The molecule has 0 aromatic rings. The lowest BCUT2D eigenvalue weighted by Gasteiger charge is -2.25. The summed E-state index contributed by atoms with van der Waals surface area (Å²) in [6.07, 6.45) is 3.61. The predicted molar refractivity (Wildman–Crippen MR) is 38.5 cm³/mol. The maximum atomic E-state index is 9.22. The fourth-order valence-corrected chi connectivity index (χ4v) is 1.65. The summed E-state index contributed by atoms with van der Waals surface area (Å²) in [5.41, 5.74) is 0.0266. The molecule has 0 unspecified atom stereocenters. The zero-order valence-electron chi connectivity index (χ0n) is 5.54. The first-order valence-electron chi connectivity index (χ1n) is 3.17. The number of hydrogen-bond acceptors (Lipinski definition) is 3. The second-order valence-corrected chi connectivity index (χ2v) is 3.12. The lowest BCUT2D eigenvalue weighted by Crippen LogP contribution is -2.30. The van der Waals surface area contributed by atoms with E-state index in [4.69, 9.17) is 4.74 Å². The normalized spacial score (nSPS) is 36.7. The average Bonchev–Trinajstić information content (AvgIpc) is 1.89. The molecule has 1 heterocycles. The molecule has 0 spiro atoms. The van der Waals surface area contributed by atoms with Crippen molar-refractivity contribution in [3.63, 3.8) is 0 Å². The minimum absolute atomic E-state index is 0.0266. The fraction of sp³-hybridized carbons (Fsp3) is 1.00. The van der Waals surface area contributed by atoms with Crippen LogP contribution in [0.15, 0.2) is 0 Å². The molecule has 2 nitrogen and oxygen atoms in total. The van der Waals surface area contributed by atoms with Crippen molar-refractivity contribution in [1.29, 1.82) is 0 Å². The molecule has 1 aliphatic heterocycles. The van der Waals surface area contributed by atoms with Crippen LogP contribution in [0, 0.1) is 0 Å². The van der Waals surface area contributed by atoms with Crippen LogP contribution in [0.2, 0.25) is 0 Å². The lowest BCUT2D eigenvalue weighted by atomic mass is 10.2. The standard InChI is InChI=1S/C6H12O2S/c1-9-6-5(7)3-2-4-8-6/h5-7H,2-4H2,1H3/t5-,6+/m1/s1. The van der Waals surface area contributed by atoms with E-state index in [0.717, 1.165) is 19.4 Å². The van der Waals surface area contributed by atoms with Crippen molar-refractivity contribution in [2.75, 3.05) is 12.9 Å². The van der Waals surface area contributed by atoms with Crippen LogP contribution >= 0.6 is 11.8 Å². The molecule has 0 bridgehead atoms. The molecule has 0 amide bonds. The van der Waals surface area contributed by atoms with Gasteiger partial charge in [0.2, 0.25) is 0 Å². The summed E-state index contributed by atoms with van der Waals surface area (Å²) in [5.74, 6) is 0. The zero-order chi connectivity index (χ0) is 6.69. The Morgan fingerprint density at radius 3 is 2.89 bits per heavy atom. The van der Waals surface area contributed by atoms with Crippen molar-refractivity contribution in [3.05, 3.63) is 0 Å². The van der Waals surface area contributed by atoms with Crippen LogP contribution in [0.3, 0.4) is 0 Å². The molecule has 0 aromatic carbocycles. The largest absolute Gasteiger partial charge is 0.390 e. The van der Waals surface area contributed by atoms with Gasteiger partial charge >= 0.3 is 0 Å². The molecule has 1 saturated heterocycles. The smallest absolute Gasteiger partial charge is 0.128 e. The van der Waals surface area contributed by atoms with Gasteiger partial charge < -0.3 is 9.84 Å². The van der Waals surface area contributed by atoms with Crippen LogP contribution in [-0.4, -0.2) is 29.5 Å². The number of thioether (sulfide) groups is 1. The molecule has 1 fully saturated rings. The molecule has 1 rings (SSSR count). The van der Waals surface area contributed by atoms with E-state index >= 15 is 0 Å². The summed E-state index contributed by atoms with van der Waals surface area (Å²) in [4.78, 5) is 0. The Kier molecular flexibility index (Phi) is 2.82. The van der Waals surface area contributed by atoms with Gasteiger partial charge in [-0.05, 0) is 19.1 Å². The molecular formula is C6H12O2S. The summed E-state index contributed by atoms with van der Waals surface area (Å²) in [6, 6.07) is 0. The van der Waals surface area contributed by atoms with Gasteiger partial charge in [-0.25, -0.2) is 0 Å². The second-order valence-electron chi connectivity index (χ2n) is 2.18. The van der Waals surface area contributed by atoms with Crippen molar-refractivity contribution in [2.45, 2.75) is 24.4 Å². The molecular weight excluding hydrogens is 136 g/mol. The first-order valence-corrected chi connectivity index (χ1v) is 4.46. The number of aliphatic hydroxyl groups excluding tert-OH is 1. The summed E-state index contributed by atoms with van der Waals surface area (Å²) < 4.78 is 5.25. The van der Waals surface area contributed by atoms with Gasteiger partial charge in [-0.3, -0.25) is 0 Å². The van der Waals surface area contributed by atoms with Gasteiger partial charge in [-0.2, -0.15) is 0 Å². The van der Waals surface area contributed by atoms with Gasteiger partial charge in [0.25, 0.3) is 0 Å². The maximum Gasteiger partial charge on any atom is 0.128 e. The predicted octanol–water partition coefficient (Wildman–Crippen LogP) is 0.847. The first-order chi connectivity index (χ1) is 4.34. The van der Waals surface area contributed by atoms with Crippen LogP contribution < -0.4 is 0 Å². The number of ether oxygens (including phenoxy) is 1. The highest BCUT2D eigenvalue weighted by molar-refractivity contribution is 7.99. The Hall–Kier alpha value is 0.270. The van der Waals surface area contributed by atoms with E-state index in [1.165, 1.54) is 0 Å². The summed E-state index contributed by atoms with van der Waals surface area (Å²) in [7, 11) is 0. The van der Waals surface area contributed by atoms with E-state index < -0.39 is 0 Å². The van der Waals surface area contributed by atoms with Crippen molar-refractivity contribution in [1.82, 2.24) is 0 Å². The van der Waals surface area contributed by atoms with E-state index in [0.29, 0.717) is 0 Å². The zero-order valence-corrected chi connectivity index (χ0v) is 6.36. The molecule has 1 N–H and O–H groups in total. The van der Waals surface area contributed by atoms with Gasteiger partial charge in [0.15, 0.2) is 0 Å². The van der Waals surface area contributed by atoms with Crippen molar-refractivity contribution >= 4 is 11.8 Å². The number of hydrogen-bond donors (Lipinski definition) is 1. The third-order valence-electron chi connectivity index (χ3n) is 1.47. The van der Waals surface area contributed by atoms with E-state index in [-0.39, 0.29) is 11.5 Å². The van der Waals surface area contributed by atoms with Crippen molar-refractivity contribution < 1.29 is 9.84 Å². The number of rotatable bonds is 1. The number of aliphatic hydroxyl groups is 1. The average molecular weight is 148 g/mol. The van der Waals surface area contributed by atoms with Crippen LogP contribution in [-0.2, 0) is 4.74 Å². The molecule has 1 aliphatic rings. The van der Waals surface area contributed by atoms with Gasteiger partial charge in [-0.15, -0.1) is 11.8 Å². The quantitative estimate of drug-likeness (QED) is 0.597. The van der Waals surface area contributed by atoms with E-state index in [1.54, 1.807) is 11.8 Å². The molecule has 2 atom stereocenters. The molecule has 0 radical (unpaired) electrons. The second kappa shape index (κ2) is 3.44. The van der Waals surface area contributed by atoms with Crippen LogP contribution in [0.25, 0.3) is 0 Å². The fourth-order valence-electron chi connectivity index (χ4n) is 0.964. The Labute approximate surface area is 59.6 Å². The molecule has 9 heavy (non-hydrogen) atoms. The molecule has 0 aromatic heterocycles. The van der Waals surface area contributed by atoms with Crippen molar-refractivity contribution in [2.24, 2.45) is 0 Å². The maximum absolute atomic E-state index is 9.22. The highest BCUT2D eigenvalue weighted by atomic mass is 32.2. The summed E-state index contributed by atoms with van der Waals surface area (Å²) in [5, 5.41) is 9.22. The SMILES string of the molecule is CS[C@@H]1OCCC[C@H]1O. The molecule has 0 aliphatic carbocycles. The monoisotopic (exact) mass is 148 g/mol. The van der Waals surface area contributed by atoms with E-state index in [9.17, 15) is 5.11 Å². The van der Waals surface area contributed by atoms with Crippen LogP contribution in [0.4, 0.5) is 0 Å². The lowest BCUT2D eigenvalue weighted by molar-refractivity contribution is -0.0259. The third kappa shape index (κ3) is 1.85. The summed E-state index contributed by atoms with van der Waals surface area (Å²) >= 11 is 1.58. The first kappa shape index (κ1) is 7.38. The molecule has 0 saturated carbocycles. The Bertz CT molecular complexity index is 87.1. The molecule has 3 heteroatoms. The highest BCUT2D eigenvalue weighted by Gasteiger charge is 2.21. The van der Waals surface area contributed by atoms with Crippen LogP contribution in [0.5, 0.6) is 0 Å². The van der Waals surface area contributed by atoms with Crippen LogP contribution in [0.1, 0.15) is 12.8 Å². The van der Waals surface area contributed by atoms with Gasteiger partial charge in [-0.1, -0.05) is 0 Å². The summed E-state index contributed by atoms with van der Waals surface area (Å²) in [6.45, 7) is 0.808. The Balaban J connectivity index is 2.30. The molecule has 54 valence electrons. The third-order valence-corrected chi connectivity index (χ3v) is 2.39.